The normalized spacial score (nSPS) is 13.1. The number of hydrogen-bond acceptors (Lipinski definition) is 1. The Labute approximate surface area is 125 Å². The maximum atomic E-state index is 3.77. The van der Waals surface area contributed by atoms with Crippen LogP contribution >= 0.6 is 0 Å². The monoisotopic (exact) mass is 273 g/mol. The highest BCUT2D eigenvalue weighted by molar-refractivity contribution is 5.30. The van der Waals surface area contributed by atoms with Crippen molar-refractivity contribution in [1.82, 2.24) is 5.32 Å². The molecule has 1 unspecified atom stereocenters. The maximum absolute atomic E-state index is 3.77. The molecule has 0 aromatic heterocycles. The lowest BCUT2D eigenvalue weighted by molar-refractivity contribution is 0.310. The first kappa shape index (κ1) is 17.0. The molecule has 0 heterocycles. The number of nitrogens with one attached hydrogen (secondary N) is 1. The average Bonchev–Trinajstić information content (AvgIpc) is 2.47. The fraction of sp³-hybridized carbons (Fsp3) is 0.579. The van der Waals surface area contributed by atoms with Crippen LogP contribution in [-0.4, -0.2) is 12.6 Å². The molecule has 1 nitrogen and oxygen atoms in total. The molecule has 1 atom stereocenters. The van der Waals surface area contributed by atoms with Crippen LogP contribution in [0.4, 0.5) is 0 Å². The SMILES string of the molecule is CCCNC(C=C(C)C)C(CC)(CC)c1ccccc1. The van der Waals surface area contributed by atoms with E-state index in [1.54, 1.807) is 0 Å². The smallest absolute Gasteiger partial charge is 0.0349 e. The van der Waals surface area contributed by atoms with Crippen molar-refractivity contribution in [3.8, 4) is 0 Å². The van der Waals surface area contributed by atoms with Crippen molar-refractivity contribution in [2.75, 3.05) is 6.54 Å². The molecule has 1 rings (SSSR count). The lowest BCUT2D eigenvalue weighted by atomic mass is 9.69. The first-order valence-electron chi connectivity index (χ1n) is 8.04. The molecular formula is C19H31N. The van der Waals surface area contributed by atoms with E-state index in [1.807, 2.05) is 0 Å². The highest BCUT2D eigenvalue weighted by Crippen LogP contribution is 2.36. The van der Waals surface area contributed by atoms with E-state index in [-0.39, 0.29) is 5.41 Å². The number of hydrogen-bond donors (Lipinski definition) is 1. The van der Waals surface area contributed by atoms with E-state index in [1.165, 1.54) is 17.6 Å². The van der Waals surface area contributed by atoms with Crippen LogP contribution in [-0.2, 0) is 5.41 Å². The van der Waals surface area contributed by atoms with Crippen LogP contribution < -0.4 is 5.32 Å². The van der Waals surface area contributed by atoms with Crippen LogP contribution in [0.2, 0.25) is 0 Å². The predicted octanol–water partition coefficient (Wildman–Crippen LogP) is 5.08. The zero-order valence-corrected chi connectivity index (χ0v) is 13.9. The van der Waals surface area contributed by atoms with Gasteiger partial charge in [-0.3, -0.25) is 0 Å². The van der Waals surface area contributed by atoms with Gasteiger partial charge >= 0.3 is 0 Å². The molecule has 0 saturated carbocycles. The summed E-state index contributed by atoms with van der Waals surface area (Å²) < 4.78 is 0. The fourth-order valence-corrected chi connectivity index (χ4v) is 3.09. The standard InChI is InChI=1S/C19H31N/c1-6-14-20-18(15-16(4)5)19(7-2,8-3)17-12-10-9-11-13-17/h9-13,15,18,20H,6-8,14H2,1-5H3. The molecule has 0 spiro atoms. The second kappa shape index (κ2) is 8.26. The van der Waals surface area contributed by atoms with Crippen molar-refractivity contribution in [1.29, 1.82) is 0 Å². The van der Waals surface area contributed by atoms with Gasteiger partial charge in [0, 0.05) is 11.5 Å². The summed E-state index contributed by atoms with van der Waals surface area (Å²) >= 11 is 0. The van der Waals surface area contributed by atoms with E-state index in [4.69, 9.17) is 0 Å². The minimum Gasteiger partial charge on any atom is -0.310 e. The molecule has 1 N–H and O–H groups in total. The van der Waals surface area contributed by atoms with Gasteiger partial charge in [0.2, 0.25) is 0 Å². The van der Waals surface area contributed by atoms with E-state index >= 15 is 0 Å². The topological polar surface area (TPSA) is 12.0 Å². The third-order valence-electron chi connectivity index (χ3n) is 4.32. The van der Waals surface area contributed by atoms with Gasteiger partial charge in [0.25, 0.3) is 0 Å². The van der Waals surface area contributed by atoms with Crippen molar-refractivity contribution in [2.24, 2.45) is 0 Å². The summed E-state index contributed by atoms with van der Waals surface area (Å²) in [5, 5.41) is 3.77. The molecule has 0 aliphatic heterocycles. The van der Waals surface area contributed by atoms with Gasteiger partial charge in [0.05, 0.1) is 0 Å². The first-order valence-corrected chi connectivity index (χ1v) is 8.04. The molecule has 112 valence electrons. The number of rotatable bonds is 8. The molecular weight excluding hydrogens is 242 g/mol. The van der Waals surface area contributed by atoms with Gasteiger partial charge in [-0.2, -0.15) is 0 Å². The van der Waals surface area contributed by atoms with Gasteiger partial charge in [-0.05, 0) is 45.2 Å². The summed E-state index contributed by atoms with van der Waals surface area (Å²) in [6.07, 6.45) is 5.89. The van der Waals surface area contributed by atoms with E-state index < -0.39 is 0 Å². The summed E-state index contributed by atoms with van der Waals surface area (Å²) in [6.45, 7) is 12.3. The quantitative estimate of drug-likeness (QED) is 0.651. The van der Waals surface area contributed by atoms with E-state index in [0.717, 1.165) is 19.4 Å². The van der Waals surface area contributed by atoms with E-state index in [0.29, 0.717) is 6.04 Å². The Morgan fingerprint density at radius 2 is 1.70 bits per heavy atom. The summed E-state index contributed by atoms with van der Waals surface area (Å²) in [5.74, 6) is 0. The Bertz CT molecular complexity index is 397. The molecule has 0 aliphatic rings. The van der Waals surface area contributed by atoms with Crippen LogP contribution in [0, 0.1) is 0 Å². The summed E-state index contributed by atoms with van der Waals surface area (Å²) in [4.78, 5) is 0. The summed E-state index contributed by atoms with van der Waals surface area (Å²) in [7, 11) is 0. The fourth-order valence-electron chi connectivity index (χ4n) is 3.09. The van der Waals surface area contributed by atoms with Gasteiger partial charge in [-0.1, -0.05) is 62.8 Å². The molecule has 0 saturated heterocycles. The largest absolute Gasteiger partial charge is 0.310 e. The third-order valence-corrected chi connectivity index (χ3v) is 4.32. The minimum atomic E-state index is 0.188. The summed E-state index contributed by atoms with van der Waals surface area (Å²) in [6, 6.07) is 11.4. The van der Waals surface area contributed by atoms with Crippen molar-refractivity contribution in [3.05, 3.63) is 47.5 Å². The Balaban J connectivity index is 3.22. The molecule has 1 aromatic carbocycles. The van der Waals surface area contributed by atoms with Gasteiger partial charge in [-0.15, -0.1) is 0 Å². The lowest BCUT2D eigenvalue weighted by Crippen LogP contribution is -2.47. The van der Waals surface area contributed by atoms with Crippen molar-refractivity contribution in [3.63, 3.8) is 0 Å². The Morgan fingerprint density at radius 1 is 1.10 bits per heavy atom. The molecule has 0 fully saturated rings. The van der Waals surface area contributed by atoms with E-state index in [2.05, 4.69) is 76.3 Å². The van der Waals surface area contributed by atoms with Crippen LogP contribution in [0.5, 0.6) is 0 Å². The van der Waals surface area contributed by atoms with Gasteiger partial charge < -0.3 is 5.32 Å². The maximum Gasteiger partial charge on any atom is 0.0349 e. The highest BCUT2D eigenvalue weighted by atomic mass is 14.9. The third kappa shape index (κ3) is 3.96. The zero-order valence-electron chi connectivity index (χ0n) is 13.9. The summed E-state index contributed by atoms with van der Waals surface area (Å²) in [5.41, 5.74) is 3.03. The molecule has 0 aliphatic carbocycles. The molecule has 20 heavy (non-hydrogen) atoms. The zero-order chi connectivity index (χ0) is 15.0. The average molecular weight is 273 g/mol. The highest BCUT2D eigenvalue weighted by Gasteiger charge is 2.35. The van der Waals surface area contributed by atoms with E-state index in [9.17, 15) is 0 Å². The molecule has 1 heteroatoms. The molecule has 1 aromatic rings. The predicted molar refractivity (Wildman–Crippen MR) is 90.2 cm³/mol. The number of allylic oxidation sites excluding steroid dienone is 1. The molecule has 0 radical (unpaired) electrons. The van der Waals surface area contributed by atoms with Gasteiger partial charge in [-0.25, -0.2) is 0 Å². The lowest BCUT2D eigenvalue weighted by Gasteiger charge is -2.40. The van der Waals surface area contributed by atoms with Gasteiger partial charge in [0.1, 0.15) is 0 Å². The Morgan fingerprint density at radius 3 is 2.15 bits per heavy atom. The molecule has 0 bridgehead atoms. The van der Waals surface area contributed by atoms with Crippen LogP contribution in [0.25, 0.3) is 0 Å². The van der Waals surface area contributed by atoms with Crippen molar-refractivity contribution >= 4 is 0 Å². The Hall–Kier alpha value is -1.08. The van der Waals surface area contributed by atoms with Crippen LogP contribution in [0.3, 0.4) is 0 Å². The second-order valence-corrected chi connectivity index (χ2v) is 5.91. The minimum absolute atomic E-state index is 0.188. The van der Waals surface area contributed by atoms with Crippen LogP contribution in [0.1, 0.15) is 59.4 Å². The van der Waals surface area contributed by atoms with Crippen molar-refractivity contribution < 1.29 is 0 Å². The first-order chi connectivity index (χ1) is 9.60. The Kier molecular flexibility index (Phi) is 7.01. The molecule has 0 amide bonds. The van der Waals surface area contributed by atoms with Crippen LogP contribution in [0.15, 0.2) is 42.0 Å². The van der Waals surface area contributed by atoms with Crippen molar-refractivity contribution in [2.45, 2.75) is 65.3 Å². The number of benzene rings is 1. The van der Waals surface area contributed by atoms with Gasteiger partial charge in [0.15, 0.2) is 0 Å². The second-order valence-electron chi connectivity index (χ2n) is 5.91.